The van der Waals surface area contributed by atoms with Crippen molar-refractivity contribution in [1.29, 1.82) is 0 Å². The summed E-state index contributed by atoms with van der Waals surface area (Å²) in [5.41, 5.74) is 1.18. The van der Waals surface area contributed by atoms with E-state index in [1.54, 1.807) is 11.3 Å². The highest BCUT2D eigenvalue weighted by molar-refractivity contribution is 8.75. The van der Waals surface area contributed by atoms with Gasteiger partial charge in [-0.2, -0.15) is 0 Å². The first-order valence-electron chi connectivity index (χ1n) is 5.75. The second-order valence-corrected chi connectivity index (χ2v) is 7.92. The van der Waals surface area contributed by atoms with E-state index >= 15 is 0 Å². The van der Waals surface area contributed by atoms with Crippen LogP contribution in [-0.2, 0) is 0 Å². The number of benzene rings is 1. The topological polar surface area (TPSA) is 31.1 Å². The van der Waals surface area contributed by atoms with Crippen LogP contribution in [0.3, 0.4) is 0 Å². The summed E-state index contributed by atoms with van der Waals surface area (Å²) in [7, 11) is 3.65. The highest BCUT2D eigenvalue weighted by Crippen LogP contribution is 2.38. The number of H-pyrrole nitrogens is 1. The van der Waals surface area contributed by atoms with Crippen molar-refractivity contribution >= 4 is 55.5 Å². The molecular formula is C11H13N3S4. The zero-order chi connectivity index (χ0) is 12.4. The zero-order valence-electron chi connectivity index (χ0n) is 9.64. The zero-order valence-corrected chi connectivity index (χ0v) is 12.9. The minimum atomic E-state index is 0.852. The molecule has 1 aliphatic rings. The lowest BCUT2D eigenvalue weighted by atomic mass is 10.3. The molecule has 18 heavy (non-hydrogen) atoms. The van der Waals surface area contributed by atoms with Gasteiger partial charge in [0, 0.05) is 31.1 Å². The van der Waals surface area contributed by atoms with Gasteiger partial charge in [-0.1, -0.05) is 6.07 Å². The molecule has 2 N–H and O–H groups in total. The van der Waals surface area contributed by atoms with Crippen molar-refractivity contribution in [2.24, 2.45) is 0 Å². The van der Waals surface area contributed by atoms with Gasteiger partial charge in [0.15, 0.2) is 3.95 Å². The highest BCUT2D eigenvalue weighted by Gasteiger charge is 2.12. The van der Waals surface area contributed by atoms with Crippen molar-refractivity contribution in [3.8, 4) is 0 Å². The van der Waals surface area contributed by atoms with Gasteiger partial charge in [-0.25, -0.2) is 4.31 Å². The molecule has 0 radical (unpaired) electrons. The SMILES string of the molecule is S=c1[nH]c2c(SSN3CCNCC3)cccc2s1. The predicted molar refractivity (Wildman–Crippen MR) is 84.9 cm³/mol. The van der Waals surface area contributed by atoms with E-state index in [4.69, 9.17) is 12.2 Å². The molecular weight excluding hydrogens is 302 g/mol. The summed E-state index contributed by atoms with van der Waals surface area (Å²) in [6.07, 6.45) is 0. The third-order valence-corrected chi connectivity index (χ3v) is 6.49. The third-order valence-electron chi connectivity index (χ3n) is 2.73. The van der Waals surface area contributed by atoms with E-state index in [0.29, 0.717) is 0 Å². The number of fused-ring (bicyclic) bond motifs is 1. The van der Waals surface area contributed by atoms with Gasteiger partial charge in [0.25, 0.3) is 0 Å². The van der Waals surface area contributed by atoms with Gasteiger partial charge in [-0.05, 0) is 46.1 Å². The van der Waals surface area contributed by atoms with Gasteiger partial charge in [-0.15, -0.1) is 11.3 Å². The van der Waals surface area contributed by atoms with Crippen LogP contribution < -0.4 is 5.32 Å². The molecule has 2 aromatic rings. The van der Waals surface area contributed by atoms with Crippen molar-refractivity contribution < 1.29 is 0 Å². The smallest absolute Gasteiger partial charge is 0.159 e. The van der Waals surface area contributed by atoms with E-state index in [2.05, 4.69) is 32.8 Å². The molecule has 0 spiro atoms. The number of thiazole rings is 1. The molecule has 2 heterocycles. The summed E-state index contributed by atoms with van der Waals surface area (Å²) in [5, 5.41) is 3.36. The van der Waals surface area contributed by atoms with Crippen LogP contribution in [0.4, 0.5) is 0 Å². The maximum absolute atomic E-state index is 5.21. The normalized spacial score (nSPS) is 17.3. The molecule has 96 valence electrons. The van der Waals surface area contributed by atoms with Crippen molar-refractivity contribution in [1.82, 2.24) is 14.6 Å². The Kier molecular flexibility index (Phi) is 4.27. The van der Waals surface area contributed by atoms with Crippen LogP contribution in [0, 0.1) is 3.95 Å². The van der Waals surface area contributed by atoms with E-state index in [-0.39, 0.29) is 0 Å². The van der Waals surface area contributed by atoms with Crippen molar-refractivity contribution in [3.63, 3.8) is 0 Å². The number of hydrogen-bond donors (Lipinski definition) is 2. The summed E-state index contributed by atoms with van der Waals surface area (Å²) in [6.45, 7) is 4.37. The first-order chi connectivity index (χ1) is 8.83. The number of aromatic amines is 1. The summed E-state index contributed by atoms with van der Waals surface area (Å²) in [4.78, 5) is 4.55. The number of nitrogens with one attached hydrogen (secondary N) is 2. The summed E-state index contributed by atoms with van der Waals surface area (Å²) >= 11 is 6.85. The Labute approximate surface area is 123 Å². The standard InChI is InChI=1S/C11H13N3S4/c15-11-13-10-8(16-11)2-1-3-9(10)17-18-14-6-4-12-5-7-14/h1-3,12H,4-7H2,(H,13,15). The van der Waals surface area contributed by atoms with E-state index < -0.39 is 0 Å². The highest BCUT2D eigenvalue weighted by atomic mass is 33.1. The number of hydrogen-bond acceptors (Lipinski definition) is 6. The number of piperazine rings is 1. The van der Waals surface area contributed by atoms with Crippen LogP contribution >= 0.6 is 45.3 Å². The van der Waals surface area contributed by atoms with Gasteiger partial charge >= 0.3 is 0 Å². The minimum Gasteiger partial charge on any atom is -0.336 e. The minimum absolute atomic E-state index is 0.852. The lowest BCUT2D eigenvalue weighted by Crippen LogP contribution is -2.39. The molecule has 0 atom stereocenters. The van der Waals surface area contributed by atoms with Crippen LogP contribution in [0.2, 0.25) is 0 Å². The van der Waals surface area contributed by atoms with Gasteiger partial charge in [0.05, 0.1) is 10.2 Å². The lowest BCUT2D eigenvalue weighted by molar-refractivity contribution is 0.399. The van der Waals surface area contributed by atoms with E-state index in [9.17, 15) is 0 Å². The summed E-state index contributed by atoms with van der Waals surface area (Å²) < 4.78 is 4.50. The molecule has 1 saturated heterocycles. The number of nitrogens with zero attached hydrogens (tertiary/aromatic N) is 1. The maximum Gasteiger partial charge on any atom is 0.159 e. The number of aromatic nitrogens is 1. The Bertz CT molecular complexity index is 585. The lowest BCUT2D eigenvalue weighted by Gasteiger charge is -2.25. The van der Waals surface area contributed by atoms with Gasteiger partial charge < -0.3 is 10.3 Å². The molecule has 1 aromatic heterocycles. The fraction of sp³-hybridized carbons (Fsp3) is 0.364. The van der Waals surface area contributed by atoms with Crippen molar-refractivity contribution in [2.75, 3.05) is 26.2 Å². The average Bonchev–Trinajstić information content (AvgIpc) is 2.78. The average molecular weight is 316 g/mol. The molecule has 0 saturated carbocycles. The summed E-state index contributed by atoms with van der Waals surface area (Å²) in [6, 6.07) is 6.37. The number of para-hydroxylation sites is 1. The van der Waals surface area contributed by atoms with E-state index in [1.807, 2.05) is 21.8 Å². The van der Waals surface area contributed by atoms with Gasteiger partial charge in [0.1, 0.15) is 0 Å². The molecule has 0 amide bonds. The molecule has 1 aliphatic heterocycles. The molecule has 3 rings (SSSR count). The second kappa shape index (κ2) is 5.94. The van der Waals surface area contributed by atoms with Crippen LogP contribution in [0.5, 0.6) is 0 Å². The molecule has 1 aromatic carbocycles. The van der Waals surface area contributed by atoms with Crippen LogP contribution in [0.25, 0.3) is 10.2 Å². The van der Waals surface area contributed by atoms with Crippen LogP contribution in [-0.4, -0.2) is 35.5 Å². The number of rotatable bonds is 3. The van der Waals surface area contributed by atoms with Crippen LogP contribution in [0.15, 0.2) is 23.1 Å². The van der Waals surface area contributed by atoms with E-state index in [0.717, 1.165) is 30.1 Å². The monoisotopic (exact) mass is 315 g/mol. The summed E-state index contributed by atoms with van der Waals surface area (Å²) in [5.74, 6) is 0. The molecule has 0 unspecified atom stereocenters. The Hall–Kier alpha value is -0.0500. The Balaban J connectivity index is 1.75. The largest absolute Gasteiger partial charge is 0.336 e. The molecule has 3 nitrogen and oxygen atoms in total. The molecule has 0 bridgehead atoms. The Morgan fingerprint density at radius 3 is 2.94 bits per heavy atom. The molecule has 1 fully saturated rings. The van der Waals surface area contributed by atoms with E-state index in [1.165, 1.54) is 15.1 Å². The molecule has 0 aliphatic carbocycles. The molecule has 7 heteroatoms. The predicted octanol–water partition coefficient (Wildman–Crippen LogP) is 3.52. The quantitative estimate of drug-likeness (QED) is 0.514. The van der Waals surface area contributed by atoms with Gasteiger partial charge in [-0.3, -0.25) is 0 Å². The fourth-order valence-electron chi connectivity index (χ4n) is 1.83. The Morgan fingerprint density at radius 2 is 2.11 bits per heavy atom. The van der Waals surface area contributed by atoms with Crippen molar-refractivity contribution in [3.05, 3.63) is 22.2 Å². The Morgan fingerprint density at radius 1 is 1.28 bits per heavy atom. The first-order valence-corrected chi connectivity index (χ1v) is 9.08. The van der Waals surface area contributed by atoms with Crippen LogP contribution in [0.1, 0.15) is 0 Å². The second-order valence-electron chi connectivity index (χ2n) is 3.98. The first kappa shape index (κ1) is 13.0. The van der Waals surface area contributed by atoms with Gasteiger partial charge in [0.2, 0.25) is 0 Å². The van der Waals surface area contributed by atoms with Crippen molar-refractivity contribution in [2.45, 2.75) is 4.90 Å². The third kappa shape index (κ3) is 2.92. The maximum atomic E-state index is 5.21. The fourth-order valence-corrected chi connectivity index (χ4v) is 5.34.